The van der Waals surface area contributed by atoms with E-state index in [4.69, 9.17) is 9.47 Å². The minimum absolute atomic E-state index is 0. The summed E-state index contributed by atoms with van der Waals surface area (Å²) >= 11 is 0. The quantitative estimate of drug-likeness (QED) is 0.295. The van der Waals surface area contributed by atoms with Crippen molar-refractivity contribution in [2.45, 2.75) is 37.5 Å². The van der Waals surface area contributed by atoms with Crippen LogP contribution in [0, 0.1) is 11.8 Å². The predicted molar refractivity (Wildman–Crippen MR) is 143 cm³/mol. The molecule has 14 heteroatoms. The zero-order chi connectivity index (χ0) is 29.6. The summed E-state index contributed by atoms with van der Waals surface area (Å²) in [5.41, 5.74) is 1.86. The second-order valence-electron chi connectivity index (χ2n) is 11.2. The molecule has 0 atom stereocenters. The van der Waals surface area contributed by atoms with Gasteiger partial charge >= 0.3 is 37.7 Å². The van der Waals surface area contributed by atoms with Crippen molar-refractivity contribution in [3.63, 3.8) is 0 Å². The Morgan fingerprint density at radius 1 is 0.636 bits per heavy atom. The van der Waals surface area contributed by atoms with E-state index in [1.807, 2.05) is 21.9 Å². The van der Waals surface area contributed by atoms with Gasteiger partial charge in [0.05, 0.1) is 61.6 Å². The molecule has 2 amide bonds. The fourth-order valence-electron chi connectivity index (χ4n) is 5.76. The van der Waals surface area contributed by atoms with Crippen LogP contribution in [0.4, 0.5) is 0 Å². The number of carbonyl (C=O) groups is 4. The van der Waals surface area contributed by atoms with Crippen molar-refractivity contribution in [3.05, 3.63) is 59.2 Å². The third kappa shape index (κ3) is 8.72. The van der Waals surface area contributed by atoms with E-state index < -0.39 is 11.9 Å². The molecule has 0 aliphatic carbocycles. The van der Waals surface area contributed by atoms with Gasteiger partial charge in [-0.05, 0) is 72.9 Å². The number of carboxylic acid groups (broad SMARTS) is 2. The zero-order valence-electron chi connectivity index (χ0n) is 25.3. The van der Waals surface area contributed by atoms with Gasteiger partial charge in [0, 0.05) is 38.6 Å². The van der Waals surface area contributed by atoms with Crippen LogP contribution < -0.4 is 47.9 Å². The maximum Gasteiger partial charge on any atom is 1.00 e. The Morgan fingerprint density at radius 3 is 1.25 bits per heavy atom. The molecule has 4 aliphatic rings. The molecule has 0 radical (unpaired) electrons. The number of carbonyl (C=O) groups excluding carboxylic acids is 4. The number of hydrogen-bond acceptors (Lipinski definition) is 10. The molecule has 0 N–H and O–H groups in total. The third-order valence-electron chi connectivity index (χ3n) is 8.52. The third-order valence-corrected chi connectivity index (χ3v) is 8.52. The van der Waals surface area contributed by atoms with E-state index in [0.717, 1.165) is 36.8 Å². The number of piperidine rings is 2. The first-order valence-electron chi connectivity index (χ1n) is 14.4. The molecule has 6 rings (SSSR count). The van der Waals surface area contributed by atoms with Crippen LogP contribution in [0.2, 0.25) is 0 Å². The second kappa shape index (κ2) is 16.6. The summed E-state index contributed by atoms with van der Waals surface area (Å²) in [5, 5.41) is 21.7. The SMILES string of the molecule is O=C([O-])c1cc(C2CCN(C(=O)C3COC3)CC2)ccn1.O=C([O-])c1cc(C2CCN(C(=O)C3COC3)CC2)ccn1.[Li+].[Li+]. The van der Waals surface area contributed by atoms with Gasteiger partial charge in [-0.3, -0.25) is 19.6 Å². The molecule has 0 bridgehead atoms. The summed E-state index contributed by atoms with van der Waals surface area (Å²) < 4.78 is 10.1. The van der Waals surface area contributed by atoms with Crippen molar-refractivity contribution in [2.24, 2.45) is 11.8 Å². The van der Waals surface area contributed by atoms with Gasteiger partial charge in [0.1, 0.15) is 0 Å². The van der Waals surface area contributed by atoms with E-state index in [9.17, 15) is 29.4 Å². The van der Waals surface area contributed by atoms with Crippen molar-refractivity contribution in [1.82, 2.24) is 19.8 Å². The zero-order valence-corrected chi connectivity index (χ0v) is 25.3. The molecule has 2 aromatic heterocycles. The van der Waals surface area contributed by atoms with Gasteiger partial charge in [0.25, 0.3) is 0 Å². The molecule has 0 spiro atoms. The second-order valence-corrected chi connectivity index (χ2v) is 11.2. The molecule has 4 aliphatic heterocycles. The summed E-state index contributed by atoms with van der Waals surface area (Å²) in [5.74, 6) is -1.53. The Balaban J connectivity index is 0.000000230. The molecule has 0 unspecified atom stereocenters. The molecular weight excluding hydrogens is 558 g/mol. The van der Waals surface area contributed by atoms with E-state index >= 15 is 0 Å². The normalized spacial score (nSPS) is 19.2. The Kier molecular flexibility index (Phi) is 13.5. The number of rotatable bonds is 6. The Morgan fingerprint density at radius 2 is 0.977 bits per heavy atom. The molecule has 0 saturated carbocycles. The van der Waals surface area contributed by atoms with Crippen LogP contribution in [0.25, 0.3) is 0 Å². The van der Waals surface area contributed by atoms with Crippen LogP contribution in [-0.4, -0.2) is 96.1 Å². The average Bonchev–Trinajstić information content (AvgIpc) is 2.96. The number of aromatic nitrogens is 2. The molecule has 12 nitrogen and oxygen atoms in total. The first kappa shape index (κ1) is 35.8. The summed E-state index contributed by atoms with van der Waals surface area (Å²) in [6.07, 6.45) is 6.38. The van der Waals surface area contributed by atoms with Gasteiger partial charge in [-0.25, -0.2) is 0 Å². The smallest absolute Gasteiger partial charge is 0.543 e. The maximum absolute atomic E-state index is 12.1. The molecular formula is C30H34Li2N4O8. The Hall–Kier alpha value is -2.71. The number of likely N-dealkylation sites (tertiary alicyclic amines) is 2. The van der Waals surface area contributed by atoms with Crippen molar-refractivity contribution in [1.29, 1.82) is 0 Å². The molecule has 4 saturated heterocycles. The van der Waals surface area contributed by atoms with E-state index in [1.54, 1.807) is 12.1 Å². The monoisotopic (exact) mass is 592 g/mol. The molecule has 44 heavy (non-hydrogen) atoms. The Bertz CT molecular complexity index is 1210. The van der Waals surface area contributed by atoms with Crippen molar-refractivity contribution >= 4 is 23.8 Å². The van der Waals surface area contributed by atoms with Crippen LogP contribution in [-0.2, 0) is 19.1 Å². The minimum Gasteiger partial charge on any atom is -0.543 e. The maximum atomic E-state index is 12.1. The average molecular weight is 593 g/mol. The molecule has 0 aromatic carbocycles. The van der Waals surface area contributed by atoms with Gasteiger partial charge in [-0.1, -0.05) is 0 Å². The summed E-state index contributed by atoms with van der Waals surface area (Å²) in [6.45, 7) is 5.00. The van der Waals surface area contributed by atoms with E-state index in [0.29, 0.717) is 52.6 Å². The van der Waals surface area contributed by atoms with Crippen molar-refractivity contribution in [3.8, 4) is 0 Å². The summed E-state index contributed by atoms with van der Waals surface area (Å²) in [6, 6.07) is 6.84. The van der Waals surface area contributed by atoms with Crippen molar-refractivity contribution in [2.75, 3.05) is 52.6 Å². The first-order valence-corrected chi connectivity index (χ1v) is 14.4. The van der Waals surface area contributed by atoms with E-state index in [-0.39, 0.29) is 84.6 Å². The number of aromatic carboxylic acids is 2. The fraction of sp³-hybridized carbons (Fsp3) is 0.533. The van der Waals surface area contributed by atoms with Gasteiger partial charge in [0.15, 0.2) is 0 Å². The molecule has 6 heterocycles. The number of amides is 2. The van der Waals surface area contributed by atoms with Gasteiger partial charge in [-0.15, -0.1) is 0 Å². The summed E-state index contributed by atoms with van der Waals surface area (Å²) in [7, 11) is 0. The largest absolute Gasteiger partial charge is 1.00 e. The van der Waals surface area contributed by atoms with Gasteiger partial charge in [-0.2, -0.15) is 0 Å². The fourth-order valence-corrected chi connectivity index (χ4v) is 5.76. The van der Waals surface area contributed by atoms with Crippen molar-refractivity contribution < 1.29 is 76.6 Å². The minimum atomic E-state index is -1.26. The number of pyridine rings is 2. The van der Waals surface area contributed by atoms with E-state index in [2.05, 4.69) is 9.97 Å². The number of ether oxygens (including phenoxy) is 2. The van der Waals surface area contributed by atoms with Gasteiger partial charge < -0.3 is 39.1 Å². The van der Waals surface area contributed by atoms with Crippen LogP contribution in [0.5, 0.6) is 0 Å². The predicted octanol–water partition coefficient (Wildman–Crippen LogP) is -6.40. The number of carboxylic acids is 2. The molecule has 4 fully saturated rings. The Labute approximate surface area is 280 Å². The first-order chi connectivity index (χ1) is 20.3. The van der Waals surface area contributed by atoms with Crippen LogP contribution >= 0.6 is 0 Å². The molecule has 224 valence electrons. The van der Waals surface area contributed by atoms with Crippen LogP contribution in [0.3, 0.4) is 0 Å². The number of nitrogens with zero attached hydrogens (tertiary/aromatic N) is 4. The standard InChI is InChI=1S/2C15H18N2O4.2Li/c2*18-14(12-8-21-9-12)17-5-2-10(3-6-17)11-1-4-16-13(7-11)15(19)20;;/h2*1,4,7,10,12H,2-3,5-6,8-9H2,(H,19,20);;/q;;2*+1/p-2. The summed E-state index contributed by atoms with van der Waals surface area (Å²) in [4.78, 5) is 57.3. The number of hydrogen-bond donors (Lipinski definition) is 0. The topological polar surface area (TPSA) is 165 Å². The molecule has 2 aromatic rings. The van der Waals surface area contributed by atoms with Crippen LogP contribution in [0.1, 0.15) is 69.6 Å². The van der Waals surface area contributed by atoms with E-state index in [1.165, 1.54) is 12.4 Å². The van der Waals surface area contributed by atoms with Crippen LogP contribution in [0.15, 0.2) is 36.7 Å². The van der Waals surface area contributed by atoms with Gasteiger partial charge in [0.2, 0.25) is 11.8 Å².